The van der Waals surface area contributed by atoms with E-state index in [1.807, 2.05) is 31.3 Å². The number of thiophene rings is 2. The van der Waals surface area contributed by atoms with Crippen LogP contribution in [0.5, 0.6) is 11.6 Å². The molecule has 47 heavy (non-hydrogen) atoms. The molecule has 232 valence electrons. The molecule has 0 N–H and O–H groups in total. The number of fused-ring (bicyclic) bond motifs is 6. The second-order valence-electron chi connectivity index (χ2n) is 11.1. The average molecular weight is 825 g/mol. The predicted molar refractivity (Wildman–Crippen MR) is 193 cm³/mol. The minimum absolute atomic E-state index is 0. The summed E-state index contributed by atoms with van der Waals surface area (Å²) < 4.78 is 11.2. The Hall–Kier alpha value is -4.68. The van der Waals surface area contributed by atoms with Gasteiger partial charge in [-0.2, -0.15) is 6.67 Å². The number of benzene rings is 5. The van der Waals surface area contributed by atoms with Gasteiger partial charge in [0.05, 0.1) is 0 Å². The van der Waals surface area contributed by atoms with Crippen molar-refractivity contribution in [3.8, 4) is 11.6 Å². The van der Waals surface area contributed by atoms with Gasteiger partial charge in [0.15, 0.2) is 0 Å². The van der Waals surface area contributed by atoms with E-state index in [1.54, 1.807) is 28.9 Å². The maximum atomic E-state index is 6.50. The third kappa shape index (κ3) is 5.25. The van der Waals surface area contributed by atoms with Crippen LogP contribution in [0.3, 0.4) is 0 Å². The molecule has 0 radical (unpaired) electrons. The molecule has 0 bridgehead atoms. The first-order chi connectivity index (χ1) is 22.7. The van der Waals surface area contributed by atoms with E-state index in [1.165, 1.54) is 30.3 Å². The molecule has 0 amide bonds. The van der Waals surface area contributed by atoms with Crippen molar-refractivity contribution >= 4 is 85.8 Å². The van der Waals surface area contributed by atoms with Crippen molar-refractivity contribution < 1.29 is 25.8 Å². The normalized spacial score (nSPS) is 12.8. The minimum Gasteiger partial charge on any atom is -0.510 e. The zero-order chi connectivity index (χ0) is 30.6. The number of rotatable bonds is 6. The van der Waals surface area contributed by atoms with Crippen LogP contribution in [0.25, 0.3) is 40.3 Å². The van der Waals surface area contributed by atoms with Gasteiger partial charge in [-0.05, 0) is 65.3 Å². The minimum atomic E-state index is 0. The van der Waals surface area contributed by atoms with Crippen molar-refractivity contribution in [3.05, 3.63) is 147 Å². The molecule has 4 heterocycles. The molecule has 3 aromatic heterocycles. The number of anilines is 4. The Morgan fingerprint density at radius 3 is 2.02 bits per heavy atom. The molecule has 5 nitrogen and oxygen atoms in total. The van der Waals surface area contributed by atoms with Crippen LogP contribution in [0.1, 0.15) is 0 Å². The Balaban J connectivity index is 0.00000324. The van der Waals surface area contributed by atoms with Gasteiger partial charge in [0.25, 0.3) is 0 Å². The van der Waals surface area contributed by atoms with Crippen LogP contribution >= 0.6 is 22.7 Å². The average Bonchev–Trinajstić information content (AvgIpc) is 3.81. The zero-order valence-electron chi connectivity index (χ0n) is 25.0. The Morgan fingerprint density at radius 2 is 1.34 bits per heavy atom. The predicted octanol–water partition coefficient (Wildman–Crippen LogP) is 11.0. The van der Waals surface area contributed by atoms with Gasteiger partial charge in [0, 0.05) is 54.2 Å². The maximum Gasteiger partial charge on any atom is 0.216 e. The fraction of sp³-hybridized carbons (Fsp3) is 0.0256. The third-order valence-corrected chi connectivity index (χ3v) is 10.5. The second-order valence-corrected chi connectivity index (χ2v) is 13.2. The Bertz CT molecular complexity index is 2420. The molecule has 0 fully saturated rings. The number of para-hydroxylation sites is 1. The van der Waals surface area contributed by atoms with Gasteiger partial charge in [-0.3, -0.25) is 0 Å². The summed E-state index contributed by atoms with van der Waals surface area (Å²) in [7, 11) is 2.04. The van der Waals surface area contributed by atoms with Crippen LogP contribution in [-0.4, -0.2) is 16.9 Å². The first-order valence-electron chi connectivity index (χ1n) is 14.9. The van der Waals surface area contributed by atoms with Gasteiger partial charge in [-0.15, -0.1) is 35.0 Å². The fourth-order valence-corrected chi connectivity index (χ4v) is 8.34. The molecule has 8 aromatic rings. The number of hydrogen-bond donors (Lipinski definition) is 0. The molecule has 9 rings (SSSR count). The summed E-state index contributed by atoms with van der Waals surface area (Å²) in [5.74, 6) is 1.18. The maximum absolute atomic E-state index is 6.50. The molecule has 0 aliphatic carbocycles. The van der Waals surface area contributed by atoms with Crippen LogP contribution in [0.15, 0.2) is 128 Å². The van der Waals surface area contributed by atoms with Crippen molar-refractivity contribution in [2.24, 2.45) is 0 Å². The first kappa shape index (κ1) is 29.7. The number of nitrogens with zero attached hydrogens (tertiary/aromatic N) is 4. The molecule has 8 heteroatoms. The summed E-state index contributed by atoms with van der Waals surface area (Å²) in [5.41, 5.74) is 3.77. The smallest absolute Gasteiger partial charge is 0.216 e. The fourth-order valence-electron chi connectivity index (χ4n) is 6.03. The van der Waals surface area contributed by atoms with Crippen LogP contribution in [-0.2, 0) is 21.1 Å². The third-order valence-electron chi connectivity index (χ3n) is 8.11. The van der Waals surface area contributed by atoms with E-state index in [0.717, 1.165) is 32.8 Å². The first-order valence-corrected chi connectivity index (χ1v) is 16.6. The molecule has 1 aliphatic rings. The topological polar surface area (TPSA) is 31.8 Å². The van der Waals surface area contributed by atoms with E-state index in [2.05, 4.69) is 136 Å². The van der Waals surface area contributed by atoms with E-state index >= 15 is 0 Å². The van der Waals surface area contributed by atoms with E-state index < -0.39 is 0 Å². The van der Waals surface area contributed by atoms with Crippen LogP contribution in [0.2, 0.25) is 0 Å². The summed E-state index contributed by atoms with van der Waals surface area (Å²) in [6.07, 6.45) is 5.88. The van der Waals surface area contributed by atoms with Gasteiger partial charge in [-0.25, -0.2) is 27.7 Å². The van der Waals surface area contributed by atoms with Crippen molar-refractivity contribution in [3.63, 3.8) is 0 Å². The molecule has 0 saturated heterocycles. The van der Waals surface area contributed by atoms with Crippen molar-refractivity contribution in [2.45, 2.75) is 0 Å². The molecular weight excluding hydrogens is 800 g/mol. The van der Waals surface area contributed by atoms with E-state index in [9.17, 15) is 0 Å². The number of pyridine rings is 1. The van der Waals surface area contributed by atoms with Gasteiger partial charge >= 0.3 is 0 Å². The zero-order valence-corrected chi connectivity index (χ0v) is 28.9. The van der Waals surface area contributed by atoms with Crippen LogP contribution in [0.4, 0.5) is 22.7 Å². The summed E-state index contributed by atoms with van der Waals surface area (Å²) in [6, 6.07) is 45.3. The molecule has 0 unspecified atom stereocenters. The van der Waals surface area contributed by atoms with Crippen molar-refractivity contribution in [2.75, 3.05) is 16.8 Å². The second kappa shape index (κ2) is 12.2. The number of ether oxygens (including phenoxy) is 1. The Morgan fingerprint density at radius 1 is 0.702 bits per heavy atom. The SMILES string of the molecule is CN1C=CN(c2[c-]c(N(c3[c-]c(Oc4ccccn4)c4sc5ccccc5c4c3)c3ccccc3)cc3c2sc2ccccc23)[CH-]1.[Pt]. The van der Waals surface area contributed by atoms with Gasteiger partial charge in [0.1, 0.15) is 0 Å². The van der Waals surface area contributed by atoms with Gasteiger partial charge in [-0.1, -0.05) is 82.4 Å². The molecule has 5 aromatic carbocycles. The molecule has 0 atom stereocenters. The standard InChI is InChI=1S/C39H25N4OS2.Pt/c1-41-19-20-42(25-41)33-23-27(21-31-29-13-5-7-15-35(29)45-38(31)33)43(26-11-3-2-4-12-26)28-22-32-30-14-6-8-16-36(30)46-39(32)34(24-28)44-37-17-9-10-18-40-37;/h2-22,25H,1H3;/q-3;. The summed E-state index contributed by atoms with van der Waals surface area (Å²) in [6.45, 7) is 2.08. The number of hydrogen-bond acceptors (Lipinski definition) is 7. The molecule has 1 aliphatic heterocycles. The van der Waals surface area contributed by atoms with E-state index in [4.69, 9.17) is 4.74 Å². The Labute approximate surface area is 294 Å². The van der Waals surface area contributed by atoms with Crippen molar-refractivity contribution in [1.29, 1.82) is 0 Å². The van der Waals surface area contributed by atoms with Crippen LogP contribution < -0.4 is 14.5 Å². The molecule has 0 spiro atoms. The Kier molecular flexibility index (Phi) is 7.69. The van der Waals surface area contributed by atoms with Gasteiger partial charge < -0.3 is 19.4 Å². The molecule has 0 saturated carbocycles. The quantitative estimate of drug-likeness (QED) is 0.156. The largest absolute Gasteiger partial charge is 0.510 e. The molecular formula is C39H25N4OPtS2-3. The number of aromatic nitrogens is 1. The van der Waals surface area contributed by atoms with Crippen LogP contribution in [0, 0.1) is 18.8 Å². The summed E-state index contributed by atoms with van der Waals surface area (Å²) in [5, 5.41) is 4.71. The van der Waals surface area contributed by atoms with E-state index in [0.29, 0.717) is 11.6 Å². The summed E-state index contributed by atoms with van der Waals surface area (Å²) >= 11 is 3.51. The monoisotopic (exact) mass is 824 g/mol. The van der Waals surface area contributed by atoms with E-state index in [-0.39, 0.29) is 21.1 Å². The summed E-state index contributed by atoms with van der Waals surface area (Å²) in [4.78, 5) is 10.9. The van der Waals surface area contributed by atoms with Crippen molar-refractivity contribution in [1.82, 2.24) is 9.88 Å². The van der Waals surface area contributed by atoms with Gasteiger partial charge in [0.2, 0.25) is 5.88 Å².